The van der Waals surface area contributed by atoms with Crippen LogP contribution in [0.5, 0.6) is 0 Å². The van der Waals surface area contributed by atoms with E-state index in [1.165, 1.54) is 19.3 Å². The van der Waals surface area contributed by atoms with Gasteiger partial charge in [-0.05, 0) is 53.8 Å². The van der Waals surface area contributed by atoms with Gasteiger partial charge in [-0.25, -0.2) is 4.98 Å². The molecule has 29 heavy (non-hydrogen) atoms. The second kappa shape index (κ2) is 7.43. The molecule has 0 saturated heterocycles. The van der Waals surface area contributed by atoms with Gasteiger partial charge in [-0.1, -0.05) is 50.1 Å². The molecule has 1 saturated carbocycles. The Hall–Kier alpha value is -3.01. The van der Waals surface area contributed by atoms with Crippen molar-refractivity contribution in [2.75, 3.05) is 0 Å². The minimum absolute atomic E-state index is 0.0898. The molecule has 0 N–H and O–H groups in total. The van der Waals surface area contributed by atoms with Crippen molar-refractivity contribution in [2.45, 2.75) is 45.1 Å². The molecular formula is C25H25N3O. The number of hydrogen-bond donors (Lipinski definition) is 0. The van der Waals surface area contributed by atoms with Gasteiger partial charge in [0.05, 0.1) is 17.2 Å². The van der Waals surface area contributed by atoms with E-state index >= 15 is 0 Å². The lowest BCUT2D eigenvalue weighted by Gasteiger charge is -2.30. The van der Waals surface area contributed by atoms with Gasteiger partial charge in [0.25, 0.3) is 5.56 Å². The van der Waals surface area contributed by atoms with Crippen molar-refractivity contribution in [2.24, 2.45) is 5.92 Å². The van der Waals surface area contributed by atoms with E-state index < -0.39 is 0 Å². The highest BCUT2D eigenvalue weighted by Crippen LogP contribution is 2.33. The first-order valence-corrected chi connectivity index (χ1v) is 10.5. The summed E-state index contributed by atoms with van der Waals surface area (Å²) in [5.74, 6) is 0.510. The van der Waals surface area contributed by atoms with Gasteiger partial charge >= 0.3 is 0 Å². The molecule has 2 aromatic heterocycles. The minimum atomic E-state index is 0.0898. The molecule has 5 rings (SSSR count). The summed E-state index contributed by atoms with van der Waals surface area (Å²) in [5.41, 5.74) is 3.18. The Balaban J connectivity index is 1.72. The Morgan fingerprint density at radius 3 is 2.66 bits per heavy atom. The van der Waals surface area contributed by atoms with E-state index in [-0.39, 0.29) is 11.6 Å². The third-order valence-electron chi connectivity index (χ3n) is 6.42. The van der Waals surface area contributed by atoms with Gasteiger partial charge < -0.3 is 0 Å². The smallest absolute Gasteiger partial charge is 0.261 e. The van der Waals surface area contributed by atoms with Crippen LogP contribution in [0, 0.1) is 5.92 Å². The van der Waals surface area contributed by atoms with Gasteiger partial charge in [-0.15, -0.1) is 0 Å². The zero-order valence-electron chi connectivity index (χ0n) is 16.7. The summed E-state index contributed by atoms with van der Waals surface area (Å²) in [6.07, 6.45) is 10.9. The van der Waals surface area contributed by atoms with Gasteiger partial charge in [0.15, 0.2) is 0 Å². The Labute approximate surface area is 170 Å². The van der Waals surface area contributed by atoms with E-state index in [4.69, 9.17) is 4.98 Å². The Morgan fingerprint density at radius 1 is 1.03 bits per heavy atom. The van der Waals surface area contributed by atoms with Crippen LogP contribution in [0.2, 0.25) is 0 Å². The summed E-state index contributed by atoms with van der Waals surface area (Å²) < 4.78 is 1.90. The molecule has 2 atom stereocenters. The molecular weight excluding hydrogens is 358 g/mol. The molecule has 2 heterocycles. The minimum Gasteiger partial charge on any atom is -0.295 e. The van der Waals surface area contributed by atoms with E-state index in [0.29, 0.717) is 5.92 Å². The summed E-state index contributed by atoms with van der Waals surface area (Å²) in [6, 6.07) is 14.6. The number of nitrogens with zero attached hydrogens (tertiary/aromatic N) is 3. The van der Waals surface area contributed by atoms with Crippen LogP contribution in [0.25, 0.3) is 21.7 Å². The van der Waals surface area contributed by atoms with Crippen molar-refractivity contribution < 1.29 is 0 Å². The first-order valence-electron chi connectivity index (χ1n) is 10.5. The number of fused-ring (bicyclic) bond motifs is 3. The fourth-order valence-corrected chi connectivity index (χ4v) is 4.86. The topological polar surface area (TPSA) is 47.8 Å². The first-order chi connectivity index (χ1) is 14.2. The van der Waals surface area contributed by atoms with E-state index in [9.17, 15) is 4.79 Å². The Bertz CT molecular complexity index is 1230. The number of rotatable bonds is 3. The fraction of sp³-hybridized carbons (Fsp3) is 0.320. The maximum absolute atomic E-state index is 13.5. The number of aromatic nitrogens is 3. The van der Waals surface area contributed by atoms with Crippen molar-refractivity contribution in [3.05, 3.63) is 82.7 Å². The summed E-state index contributed by atoms with van der Waals surface area (Å²) >= 11 is 0. The second-order valence-electron chi connectivity index (χ2n) is 8.30. The molecule has 0 spiro atoms. The van der Waals surface area contributed by atoms with Crippen molar-refractivity contribution in [3.63, 3.8) is 0 Å². The SMILES string of the molecule is C[C@H]1CCCC[C@@H]1n1cnc2c(cc(Cc3cccnc3)c3ccccc32)c1=O. The molecule has 1 aliphatic carbocycles. The summed E-state index contributed by atoms with van der Waals surface area (Å²) in [5, 5.41) is 2.92. The lowest BCUT2D eigenvalue weighted by atomic mass is 9.85. The van der Waals surface area contributed by atoms with Crippen LogP contribution in [-0.4, -0.2) is 14.5 Å². The predicted molar refractivity (Wildman–Crippen MR) is 117 cm³/mol. The van der Waals surface area contributed by atoms with Gasteiger partial charge in [-0.3, -0.25) is 14.3 Å². The lowest BCUT2D eigenvalue weighted by Crippen LogP contribution is -2.31. The normalized spacial score (nSPS) is 19.6. The van der Waals surface area contributed by atoms with E-state index in [1.54, 1.807) is 12.5 Å². The summed E-state index contributed by atoms with van der Waals surface area (Å²) in [6.45, 7) is 2.26. The van der Waals surface area contributed by atoms with Crippen molar-refractivity contribution >= 4 is 21.7 Å². The third kappa shape index (κ3) is 3.23. The highest BCUT2D eigenvalue weighted by Gasteiger charge is 2.24. The number of pyridine rings is 1. The van der Waals surface area contributed by atoms with Gasteiger partial charge in [0.1, 0.15) is 0 Å². The van der Waals surface area contributed by atoms with Gasteiger partial charge in [0, 0.05) is 23.8 Å². The quantitative estimate of drug-likeness (QED) is 0.452. The molecule has 0 aliphatic heterocycles. The van der Waals surface area contributed by atoms with Gasteiger partial charge in [0.2, 0.25) is 0 Å². The predicted octanol–water partition coefficient (Wildman–Crippen LogP) is 5.29. The average molecular weight is 383 g/mol. The van der Waals surface area contributed by atoms with Crippen molar-refractivity contribution in [3.8, 4) is 0 Å². The molecule has 0 radical (unpaired) electrons. The fourth-order valence-electron chi connectivity index (χ4n) is 4.86. The van der Waals surface area contributed by atoms with Crippen LogP contribution in [-0.2, 0) is 6.42 Å². The molecule has 1 aliphatic rings. The molecule has 0 unspecified atom stereocenters. The molecule has 146 valence electrons. The van der Waals surface area contributed by atoms with E-state index in [2.05, 4.69) is 36.2 Å². The maximum atomic E-state index is 13.5. The molecule has 0 amide bonds. The lowest BCUT2D eigenvalue weighted by molar-refractivity contribution is 0.251. The van der Waals surface area contributed by atoms with Crippen LogP contribution < -0.4 is 5.56 Å². The number of benzene rings is 2. The van der Waals surface area contributed by atoms with E-state index in [0.717, 1.165) is 45.6 Å². The zero-order valence-corrected chi connectivity index (χ0v) is 16.7. The first kappa shape index (κ1) is 18.0. The standard InChI is InChI=1S/C25H25N3O/c1-17-7-2-5-11-23(17)28-16-27-24-21-10-4-3-9-20(21)19(14-22(24)25(28)29)13-18-8-6-12-26-15-18/h3-4,6,8-10,12,14-17,23H,2,5,7,11,13H2,1H3/t17-,23-/m0/s1. The number of hydrogen-bond acceptors (Lipinski definition) is 3. The highest BCUT2D eigenvalue weighted by atomic mass is 16.1. The Kier molecular flexibility index (Phi) is 4.62. The zero-order chi connectivity index (χ0) is 19.8. The highest BCUT2D eigenvalue weighted by molar-refractivity contribution is 6.06. The molecule has 0 bridgehead atoms. The maximum Gasteiger partial charge on any atom is 0.261 e. The van der Waals surface area contributed by atoms with Crippen molar-refractivity contribution in [1.82, 2.24) is 14.5 Å². The van der Waals surface area contributed by atoms with Crippen LogP contribution in [0.15, 0.2) is 66.0 Å². The summed E-state index contributed by atoms with van der Waals surface area (Å²) in [7, 11) is 0. The van der Waals surface area contributed by atoms with Crippen molar-refractivity contribution in [1.29, 1.82) is 0 Å². The molecule has 4 nitrogen and oxygen atoms in total. The Morgan fingerprint density at radius 2 is 1.86 bits per heavy atom. The molecule has 4 aromatic rings. The molecule has 2 aromatic carbocycles. The second-order valence-corrected chi connectivity index (χ2v) is 8.30. The average Bonchev–Trinajstić information content (AvgIpc) is 2.76. The van der Waals surface area contributed by atoms with Crippen LogP contribution in [0.3, 0.4) is 0 Å². The largest absolute Gasteiger partial charge is 0.295 e. The molecule has 4 heteroatoms. The molecule has 1 fully saturated rings. The third-order valence-corrected chi connectivity index (χ3v) is 6.42. The summed E-state index contributed by atoms with van der Waals surface area (Å²) in [4.78, 5) is 22.6. The van der Waals surface area contributed by atoms with Gasteiger partial charge in [-0.2, -0.15) is 0 Å². The van der Waals surface area contributed by atoms with E-state index in [1.807, 2.05) is 29.0 Å². The van der Waals surface area contributed by atoms with Crippen LogP contribution >= 0.6 is 0 Å². The van der Waals surface area contributed by atoms with Crippen LogP contribution in [0.4, 0.5) is 0 Å². The van der Waals surface area contributed by atoms with Crippen LogP contribution in [0.1, 0.15) is 49.8 Å². The monoisotopic (exact) mass is 383 g/mol.